The van der Waals surface area contributed by atoms with Crippen LogP contribution in [0.25, 0.3) is 0 Å². The lowest BCUT2D eigenvalue weighted by Crippen LogP contribution is -2.43. The van der Waals surface area contributed by atoms with Crippen molar-refractivity contribution in [1.29, 1.82) is 0 Å². The van der Waals surface area contributed by atoms with Crippen molar-refractivity contribution in [3.63, 3.8) is 0 Å². The molecule has 1 aromatic rings. The highest BCUT2D eigenvalue weighted by molar-refractivity contribution is 7.89. The van der Waals surface area contributed by atoms with E-state index in [2.05, 4.69) is 15.5 Å². The number of aromatic nitrogens is 2. The maximum absolute atomic E-state index is 13.3. The molecule has 1 aliphatic rings. The van der Waals surface area contributed by atoms with Crippen LogP contribution in [0.4, 0.5) is 23.7 Å². The summed E-state index contributed by atoms with van der Waals surface area (Å²) < 4.78 is 65.0. The molecule has 0 unspecified atom stereocenters. The molecule has 2 rings (SSSR count). The van der Waals surface area contributed by atoms with Crippen molar-refractivity contribution in [1.82, 2.24) is 19.4 Å². The zero-order valence-electron chi connectivity index (χ0n) is 13.8. The van der Waals surface area contributed by atoms with Crippen molar-refractivity contribution in [3.05, 3.63) is 18.0 Å². The Balaban J connectivity index is 2.24. The van der Waals surface area contributed by atoms with E-state index in [1.165, 1.54) is 12.3 Å². The minimum absolute atomic E-state index is 0.294. The van der Waals surface area contributed by atoms with Gasteiger partial charge in [-0.15, -0.1) is 0 Å². The zero-order chi connectivity index (χ0) is 19.0. The van der Waals surface area contributed by atoms with Crippen molar-refractivity contribution in [2.75, 3.05) is 32.5 Å². The van der Waals surface area contributed by atoms with Gasteiger partial charge in [-0.2, -0.15) is 23.4 Å². The van der Waals surface area contributed by atoms with Crippen LogP contribution in [0.3, 0.4) is 0 Å². The Labute approximate surface area is 143 Å². The van der Waals surface area contributed by atoms with Gasteiger partial charge < -0.3 is 10.2 Å². The number of carbonyl (C=O) groups excluding carboxylic acids is 1. The first-order valence-electron chi connectivity index (χ1n) is 7.27. The molecule has 0 aliphatic carbocycles. The molecular formula is C13H18F3N5O3S. The number of nitrogens with zero attached hydrogens (tertiary/aromatic N) is 4. The van der Waals surface area contributed by atoms with E-state index in [4.69, 9.17) is 0 Å². The number of sulfonamides is 1. The molecule has 1 aromatic heterocycles. The molecule has 140 valence electrons. The first-order valence-corrected chi connectivity index (χ1v) is 8.77. The van der Waals surface area contributed by atoms with E-state index in [1.807, 2.05) is 0 Å². The third-order valence-corrected chi connectivity index (χ3v) is 6.27. The molecule has 1 N–H and O–H groups in total. The summed E-state index contributed by atoms with van der Waals surface area (Å²) in [6.07, 6.45) is -3.42. The van der Waals surface area contributed by atoms with E-state index >= 15 is 0 Å². The van der Waals surface area contributed by atoms with Crippen LogP contribution in [-0.4, -0.2) is 72.5 Å². The van der Waals surface area contributed by atoms with Crippen LogP contribution in [0.2, 0.25) is 0 Å². The number of carbonyl (C=O) groups is 1. The van der Waals surface area contributed by atoms with Gasteiger partial charge in [-0.1, -0.05) is 0 Å². The van der Waals surface area contributed by atoms with E-state index < -0.39 is 46.5 Å². The number of aryl methyl sites for hydroxylation is 1. The topological polar surface area (TPSA) is 95.5 Å². The summed E-state index contributed by atoms with van der Waals surface area (Å²) in [5.41, 5.74) is 0.683. The molecule has 0 saturated carbocycles. The highest BCUT2D eigenvalue weighted by atomic mass is 32.2. The van der Waals surface area contributed by atoms with Crippen LogP contribution in [0.15, 0.2) is 12.3 Å². The van der Waals surface area contributed by atoms with Crippen molar-refractivity contribution in [2.45, 2.75) is 18.3 Å². The Bertz CT molecular complexity index is 754. The van der Waals surface area contributed by atoms with Crippen LogP contribution >= 0.6 is 0 Å². The lowest BCUT2D eigenvalue weighted by molar-refractivity contribution is -0.169. The van der Waals surface area contributed by atoms with Gasteiger partial charge in [0.15, 0.2) is 0 Å². The second-order valence-electron chi connectivity index (χ2n) is 5.88. The molecule has 2 heterocycles. The fourth-order valence-corrected chi connectivity index (χ4v) is 4.12. The summed E-state index contributed by atoms with van der Waals surface area (Å²) in [6.45, 7) is 0.295. The largest absolute Gasteiger partial charge is 0.394 e. The second-order valence-corrected chi connectivity index (χ2v) is 8.25. The number of hydrogen-bond acceptors (Lipinski definition) is 5. The quantitative estimate of drug-likeness (QED) is 0.845. The van der Waals surface area contributed by atoms with Gasteiger partial charge in [-0.05, 0) is 13.0 Å². The van der Waals surface area contributed by atoms with E-state index in [-0.39, 0.29) is 0 Å². The van der Waals surface area contributed by atoms with Gasteiger partial charge >= 0.3 is 12.2 Å². The summed E-state index contributed by atoms with van der Waals surface area (Å²) in [5.74, 6) is -2.15. The number of anilines is 1. The molecule has 12 heteroatoms. The highest BCUT2D eigenvalue weighted by Gasteiger charge is 2.56. The number of urea groups is 1. The number of likely N-dealkylation sites (tertiary alicyclic amines) is 1. The normalized spacial score (nSPS) is 21.6. The molecule has 0 spiro atoms. The van der Waals surface area contributed by atoms with Crippen molar-refractivity contribution < 1.29 is 26.4 Å². The summed E-state index contributed by atoms with van der Waals surface area (Å²) in [5, 5.41) is 8.02. The Morgan fingerprint density at radius 1 is 1.36 bits per heavy atom. The number of nitrogens with one attached hydrogen (secondary N) is 1. The minimum atomic E-state index is -4.74. The fraction of sp³-hybridized carbons (Fsp3) is 0.615. The molecule has 0 aromatic carbocycles. The molecular weight excluding hydrogens is 363 g/mol. The molecule has 2 atom stereocenters. The predicted molar refractivity (Wildman–Crippen MR) is 83.3 cm³/mol. The fourth-order valence-electron chi connectivity index (χ4n) is 2.56. The van der Waals surface area contributed by atoms with E-state index in [0.29, 0.717) is 11.4 Å². The average molecular weight is 381 g/mol. The molecule has 2 amide bonds. The Morgan fingerprint density at radius 3 is 2.52 bits per heavy atom. The molecule has 25 heavy (non-hydrogen) atoms. The Hall–Kier alpha value is -1.95. The van der Waals surface area contributed by atoms with Crippen LogP contribution in [0.1, 0.15) is 5.69 Å². The van der Waals surface area contributed by atoms with Crippen LogP contribution in [0.5, 0.6) is 0 Å². The molecule has 0 bridgehead atoms. The standard InChI is InChI=1S/C13H18F3N5O3S/c1-8-10(4-5-17-19-8)18-12(22)21-6-9(13(14,15)16)11(7-21)25(23,24)20(2)3/h4-5,9,11H,6-7H2,1-3H3,(H,17,18,22)/t9-,11-/m1/s1. The number of hydrogen-bond donors (Lipinski definition) is 1. The predicted octanol–water partition coefficient (Wildman–Crippen LogP) is 1.07. The van der Waals surface area contributed by atoms with E-state index in [9.17, 15) is 26.4 Å². The number of amides is 2. The number of rotatable bonds is 3. The lowest BCUT2D eigenvalue weighted by atomic mass is 10.1. The monoisotopic (exact) mass is 381 g/mol. The summed E-state index contributed by atoms with van der Waals surface area (Å²) >= 11 is 0. The first-order chi connectivity index (χ1) is 11.4. The van der Waals surface area contributed by atoms with E-state index in [1.54, 1.807) is 6.92 Å². The molecule has 0 radical (unpaired) electrons. The smallest absolute Gasteiger partial charge is 0.322 e. The minimum Gasteiger partial charge on any atom is -0.322 e. The average Bonchev–Trinajstić information content (AvgIpc) is 2.95. The molecule has 8 nitrogen and oxygen atoms in total. The number of halogens is 3. The molecule has 1 aliphatic heterocycles. The Kier molecular flexibility index (Phi) is 5.23. The summed E-state index contributed by atoms with van der Waals surface area (Å²) in [6, 6.07) is 0.632. The van der Waals surface area contributed by atoms with Gasteiger partial charge in [0.25, 0.3) is 0 Å². The SMILES string of the molecule is Cc1nnccc1NC(=O)N1C[C@@H](C(F)(F)F)[C@H](S(=O)(=O)N(C)C)C1. The van der Waals surface area contributed by atoms with Gasteiger partial charge in [0.2, 0.25) is 10.0 Å². The van der Waals surface area contributed by atoms with Gasteiger partial charge in [0.1, 0.15) is 5.25 Å². The maximum Gasteiger partial charge on any atom is 0.394 e. The van der Waals surface area contributed by atoms with Crippen molar-refractivity contribution >= 4 is 21.7 Å². The molecule has 1 fully saturated rings. The second kappa shape index (κ2) is 6.75. The van der Waals surface area contributed by atoms with Crippen molar-refractivity contribution in [2.24, 2.45) is 5.92 Å². The summed E-state index contributed by atoms with van der Waals surface area (Å²) in [7, 11) is -1.86. The Morgan fingerprint density at radius 2 is 2.00 bits per heavy atom. The van der Waals surface area contributed by atoms with E-state index in [0.717, 1.165) is 23.3 Å². The zero-order valence-corrected chi connectivity index (χ0v) is 14.6. The number of alkyl halides is 3. The first kappa shape index (κ1) is 19.4. The summed E-state index contributed by atoms with van der Waals surface area (Å²) in [4.78, 5) is 13.1. The lowest BCUT2D eigenvalue weighted by Gasteiger charge is -2.23. The van der Waals surface area contributed by atoms with Crippen LogP contribution in [-0.2, 0) is 10.0 Å². The highest BCUT2D eigenvalue weighted by Crippen LogP contribution is 2.37. The van der Waals surface area contributed by atoms with Gasteiger partial charge in [0, 0.05) is 27.2 Å². The van der Waals surface area contributed by atoms with Crippen LogP contribution in [0, 0.1) is 12.8 Å². The van der Waals surface area contributed by atoms with Gasteiger partial charge in [-0.3, -0.25) is 0 Å². The molecule has 1 saturated heterocycles. The third-order valence-electron chi connectivity index (χ3n) is 4.01. The van der Waals surface area contributed by atoms with Gasteiger partial charge in [-0.25, -0.2) is 17.5 Å². The van der Waals surface area contributed by atoms with Gasteiger partial charge in [0.05, 0.1) is 23.5 Å². The third kappa shape index (κ3) is 4.00. The maximum atomic E-state index is 13.3. The van der Waals surface area contributed by atoms with Crippen LogP contribution < -0.4 is 5.32 Å². The van der Waals surface area contributed by atoms with Crippen molar-refractivity contribution in [3.8, 4) is 0 Å².